The van der Waals surface area contributed by atoms with Gasteiger partial charge in [-0.3, -0.25) is 10.2 Å². The van der Waals surface area contributed by atoms with Gasteiger partial charge >= 0.3 is 0 Å². The van der Waals surface area contributed by atoms with Crippen LogP contribution in [0.3, 0.4) is 0 Å². The fourth-order valence-corrected chi connectivity index (χ4v) is 3.80. The lowest BCUT2D eigenvalue weighted by Crippen LogP contribution is -2.42. The van der Waals surface area contributed by atoms with Gasteiger partial charge in [-0.2, -0.15) is 0 Å². The quantitative estimate of drug-likeness (QED) is 0.737. The molecule has 2 rings (SSSR count). The molecular formula is C12H10BrCl2N3O3S. The van der Waals surface area contributed by atoms with Gasteiger partial charge in [-0.1, -0.05) is 29.3 Å². The Morgan fingerprint density at radius 3 is 2.59 bits per heavy atom. The van der Waals surface area contributed by atoms with Crippen molar-refractivity contribution in [3.63, 3.8) is 0 Å². The molecule has 0 spiro atoms. The van der Waals surface area contributed by atoms with E-state index in [1.165, 1.54) is 18.2 Å². The van der Waals surface area contributed by atoms with Gasteiger partial charge in [0.15, 0.2) is 0 Å². The molecule has 0 bridgehead atoms. The fourth-order valence-electron chi connectivity index (χ4n) is 1.67. The summed E-state index contributed by atoms with van der Waals surface area (Å²) in [6.07, 6.45) is 1.66. The Bertz CT molecular complexity index is 836. The second-order valence-electron chi connectivity index (χ2n) is 4.27. The minimum Gasteiger partial charge on any atom is -0.345 e. The van der Waals surface area contributed by atoms with E-state index in [0.29, 0.717) is 4.47 Å². The highest BCUT2D eigenvalue weighted by atomic mass is 79.9. The standard InChI is InChI=1S/C12H10BrCl2N3O3S/c1-18-6-7(13)5-9(18)12(19)16-17-22(20,21)10-4-2-3-8(14)11(10)15/h2-6,17H,1H3,(H,16,19). The number of benzene rings is 1. The number of hydrogen-bond donors (Lipinski definition) is 2. The maximum Gasteiger partial charge on any atom is 0.282 e. The molecule has 0 saturated heterocycles. The van der Waals surface area contributed by atoms with E-state index in [4.69, 9.17) is 23.2 Å². The van der Waals surface area contributed by atoms with Crippen molar-refractivity contribution in [1.29, 1.82) is 0 Å². The number of hydrogen-bond acceptors (Lipinski definition) is 3. The molecule has 0 fully saturated rings. The molecule has 118 valence electrons. The van der Waals surface area contributed by atoms with Gasteiger partial charge in [0.1, 0.15) is 10.6 Å². The van der Waals surface area contributed by atoms with Crippen LogP contribution in [-0.2, 0) is 17.1 Å². The lowest BCUT2D eigenvalue weighted by molar-refractivity contribution is 0.0937. The Labute approximate surface area is 145 Å². The van der Waals surface area contributed by atoms with Crippen molar-refractivity contribution in [3.05, 3.63) is 50.7 Å². The van der Waals surface area contributed by atoms with Crippen molar-refractivity contribution in [3.8, 4) is 0 Å². The number of rotatable bonds is 4. The van der Waals surface area contributed by atoms with Crippen LogP contribution in [0, 0.1) is 0 Å². The Morgan fingerprint density at radius 1 is 1.32 bits per heavy atom. The zero-order chi connectivity index (χ0) is 16.5. The SMILES string of the molecule is Cn1cc(Br)cc1C(=O)NNS(=O)(=O)c1cccc(Cl)c1Cl. The molecule has 0 atom stereocenters. The van der Waals surface area contributed by atoms with E-state index in [1.807, 2.05) is 4.83 Å². The van der Waals surface area contributed by atoms with Crippen LogP contribution in [0.25, 0.3) is 0 Å². The summed E-state index contributed by atoms with van der Waals surface area (Å²) in [5.41, 5.74) is 2.39. The molecule has 1 aromatic carbocycles. The number of carbonyl (C=O) groups is 1. The molecule has 1 aromatic heterocycles. The molecule has 0 aliphatic rings. The maximum absolute atomic E-state index is 12.1. The fraction of sp³-hybridized carbons (Fsp3) is 0.0833. The number of nitrogens with one attached hydrogen (secondary N) is 2. The van der Waals surface area contributed by atoms with Crippen LogP contribution < -0.4 is 10.3 Å². The third-order valence-corrected chi connectivity index (χ3v) is 5.36. The van der Waals surface area contributed by atoms with E-state index in [-0.39, 0.29) is 20.6 Å². The second kappa shape index (κ2) is 6.59. The van der Waals surface area contributed by atoms with Gasteiger partial charge in [0, 0.05) is 17.7 Å². The van der Waals surface area contributed by atoms with Crippen LogP contribution in [0.2, 0.25) is 10.0 Å². The maximum atomic E-state index is 12.1. The number of amides is 1. The van der Waals surface area contributed by atoms with Gasteiger partial charge in [0.05, 0.1) is 10.0 Å². The number of hydrazine groups is 1. The van der Waals surface area contributed by atoms with E-state index in [9.17, 15) is 13.2 Å². The van der Waals surface area contributed by atoms with Crippen LogP contribution in [0.1, 0.15) is 10.5 Å². The molecular weight excluding hydrogens is 417 g/mol. The zero-order valence-corrected chi connectivity index (χ0v) is 15.0. The average molecular weight is 427 g/mol. The molecule has 0 unspecified atom stereocenters. The predicted molar refractivity (Wildman–Crippen MR) is 87.4 cm³/mol. The minimum absolute atomic E-state index is 0.0993. The van der Waals surface area contributed by atoms with Gasteiger partial charge in [-0.25, -0.2) is 8.42 Å². The van der Waals surface area contributed by atoms with Crippen molar-refractivity contribution in [2.75, 3.05) is 0 Å². The number of aryl methyl sites for hydroxylation is 1. The predicted octanol–water partition coefficient (Wildman–Crippen LogP) is 2.72. The summed E-state index contributed by atoms with van der Waals surface area (Å²) < 4.78 is 26.5. The van der Waals surface area contributed by atoms with E-state index >= 15 is 0 Å². The van der Waals surface area contributed by atoms with Gasteiger partial charge in [0.25, 0.3) is 15.9 Å². The highest BCUT2D eigenvalue weighted by Crippen LogP contribution is 2.28. The molecule has 1 amide bonds. The number of sulfonamides is 1. The van der Waals surface area contributed by atoms with Crippen LogP contribution in [0.15, 0.2) is 39.8 Å². The lowest BCUT2D eigenvalue weighted by Gasteiger charge is -2.10. The van der Waals surface area contributed by atoms with Gasteiger partial charge < -0.3 is 4.57 Å². The van der Waals surface area contributed by atoms with Crippen LogP contribution in [-0.4, -0.2) is 18.9 Å². The number of carbonyl (C=O) groups excluding carboxylic acids is 1. The first-order valence-corrected chi connectivity index (χ1v) is 8.83. The number of aromatic nitrogens is 1. The van der Waals surface area contributed by atoms with Crippen LogP contribution >= 0.6 is 39.1 Å². The first kappa shape index (κ1) is 17.3. The second-order valence-corrected chi connectivity index (χ2v) is 7.62. The smallest absolute Gasteiger partial charge is 0.282 e. The van der Waals surface area contributed by atoms with Gasteiger partial charge in [-0.05, 0) is 34.1 Å². The Kier molecular flexibility index (Phi) is 5.18. The van der Waals surface area contributed by atoms with Crippen LogP contribution in [0.5, 0.6) is 0 Å². The number of halogens is 3. The van der Waals surface area contributed by atoms with Gasteiger partial charge in [0.2, 0.25) is 0 Å². The van der Waals surface area contributed by atoms with E-state index in [0.717, 1.165) is 0 Å². The summed E-state index contributed by atoms with van der Waals surface area (Å²) in [4.78, 5) is 13.7. The summed E-state index contributed by atoms with van der Waals surface area (Å²) in [5, 5.41) is -0.0187. The molecule has 1 heterocycles. The average Bonchev–Trinajstić information content (AvgIpc) is 2.78. The Morgan fingerprint density at radius 2 is 2.00 bits per heavy atom. The highest BCUT2D eigenvalue weighted by Gasteiger charge is 2.21. The first-order chi connectivity index (χ1) is 10.2. The molecule has 2 aromatic rings. The molecule has 0 saturated carbocycles. The van der Waals surface area contributed by atoms with Crippen LogP contribution in [0.4, 0.5) is 0 Å². The van der Waals surface area contributed by atoms with Gasteiger partial charge in [-0.15, -0.1) is 4.83 Å². The van der Waals surface area contributed by atoms with E-state index in [1.54, 1.807) is 23.9 Å². The molecule has 0 aliphatic heterocycles. The van der Waals surface area contributed by atoms with E-state index in [2.05, 4.69) is 21.4 Å². The summed E-state index contributed by atoms with van der Waals surface area (Å²) in [6, 6.07) is 5.74. The Balaban J connectivity index is 2.18. The third kappa shape index (κ3) is 3.64. The lowest BCUT2D eigenvalue weighted by atomic mass is 10.4. The monoisotopic (exact) mass is 425 g/mol. The third-order valence-electron chi connectivity index (χ3n) is 2.71. The summed E-state index contributed by atoms with van der Waals surface area (Å²) in [6.45, 7) is 0. The minimum atomic E-state index is -4.04. The molecule has 2 N–H and O–H groups in total. The van der Waals surface area contributed by atoms with Crippen molar-refractivity contribution < 1.29 is 13.2 Å². The zero-order valence-electron chi connectivity index (χ0n) is 11.1. The van der Waals surface area contributed by atoms with E-state index < -0.39 is 15.9 Å². The summed E-state index contributed by atoms with van der Waals surface area (Å²) in [5.74, 6) is -0.616. The summed E-state index contributed by atoms with van der Waals surface area (Å²) in [7, 11) is -2.39. The highest BCUT2D eigenvalue weighted by molar-refractivity contribution is 9.10. The molecule has 0 aliphatic carbocycles. The molecule has 10 heteroatoms. The first-order valence-electron chi connectivity index (χ1n) is 5.80. The largest absolute Gasteiger partial charge is 0.345 e. The van der Waals surface area contributed by atoms with Crippen molar-refractivity contribution >= 4 is 55.1 Å². The Hall–Kier alpha value is -1.06. The molecule has 22 heavy (non-hydrogen) atoms. The summed E-state index contributed by atoms with van der Waals surface area (Å²) >= 11 is 14.9. The topological polar surface area (TPSA) is 80.2 Å². The van der Waals surface area contributed by atoms with Crippen molar-refractivity contribution in [2.24, 2.45) is 7.05 Å². The normalized spacial score (nSPS) is 11.5. The van der Waals surface area contributed by atoms with Crippen molar-refractivity contribution in [2.45, 2.75) is 4.90 Å². The molecule has 6 nitrogen and oxygen atoms in total. The van der Waals surface area contributed by atoms with Crippen molar-refractivity contribution in [1.82, 2.24) is 14.8 Å². The molecule has 0 radical (unpaired) electrons. The number of nitrogens with zero attached hydrogens (tertiary/aromatic N) is 1.